The molecule has 0 aliphatic carbocycles. The van der Waals surface area contributed by atoms with Crippen LogP contribution in [0.3, 0.4) is 0 Å². The minimum atomic E-state index is -2.84. The van der Waals surface area contributed by atoms with Crippen LogP contribution in [0.4, 0.5) is 0 Å². The van der Waals surface area contributed by atoms with Crippen LogP contribution in [0.2, 0.25) is 0 Å². The molecule has 3 aromatic rings. The van der Waals surface area contributed by atoms with E-state index in [4.69, 9.17) is 66.3 Å². The maximum atomic E-state index is 14.1. The molecule has 0 amide bonds. The Kier molecular flexibility index (Phi) is 22.4. The summed E-state index contributed by atoms with van der Waals surface area (Å²) in [5.74, 6) is -12.2. The zero-order chi connectivity index (χ0) is 58.7. The van der Waals surface area contributed by atoms with Crippen LogP contribution in [0.25, 0.3) is 18.2 Å². The highest BCUT2D eigenvalue weighted by Gasteiger charge is 2.65. The lowest BCUT2D eigenvalue weighted by atomic mass is 9.97. The third kappa shape index (κ3) is 19.4. The van der Waals surface area contributed by atoms with Gasteiger partial charge in [0.05, 0.1) is 0 Å². The Morgan fingerprint density at radius 2 is 0.800 bits per heavy atom. The average Bonchev–Trinajstić information content (AvgIpc) is 3.69. The van der Waals surface area contributed by atoms with Gasteiger partial charge in [-0.05, 0) is 71.3 Å². The summed E-state index contributed by atoms with van der Waals surface area (Å²) in [6, 6.07) is 17.7. The molecule has 5 rings (SSSR count). The third-order valence-corrected chi connectivity index (χ3v) is 10.7. The molecule has 0 bridgehead atoms. The number of benzene rings is 3. The van der Waals surface area contributed by atoms with Crippen molar-refractivity contribution in [2.45, 2.75) is 110 Å². The quantitative estimate of drug-likeness (QED) is 0.0593. The third-order valence-electron chi connectivity index (χ3n) is 10.7. The predicted molar refractivity (Wildman–Crippen MR) is 268 cm³/mol. The molecule has 0 spiro atoms. The van der Waals surface area contributed by atoms with Crippen LogP contribution in [0.5, 0.6) is 17.2 Å². The number of rotatable bonds is 22. The molecule has 2 heterocycles. The predicted octanol–water partition coefficient (Wildman–Crippen LogP) is 4.03. The number of hydrogen-bond acceptors (Lipinski definition) is 25. The lowest BCUT2D eigenvalue weighted by Gasteiger charge is -2.46. The Hall–Kier alpha value is -9.07. The van der Waals surface area contributed by atoms with Crippen molar-refractivity contribution in [2.24, 2.45) is 0 Å². The minimum Gasteiger partial charge on any atom is -0.463 e. The van der Waals surface area contributed by atoms with Gasteiger partial charge >= 0.3 is 65.7 Å². The van der Waals surface area contributed by atoms with E-state index < -0.39 is 140 Å². The van der Waals surface area contributed by atoms with Gasteiger partial charge in [0.2, 0.25) is 12.1 Å². The summed E-state index contributed by atoms with van der Waals surface area (Å²) in [6.07, 6.45) is -8.25. The fourth-order valence-electron chi connectivity index (χ4n) is 7.70. The van der Waals surface area contributed by atoms with E-state index in [9.17, 15) is 52.7 Å². The Bertz CT molecular complexity index is 2850. The van der Waals surface area contributed by atoms with E-state index in [0.717, 1.165) is 52.8 Å². The number of esters is 11. The monoisotopic (exact) mass is 1120 g/mol. The van der Waals surface area contributed by atoms with Crippen LogP contribution in [-0.2, 0) is 105 Å². The highest BCUT2D eigenvalue weighted by atomic mass is 16.8. The van der Waals surface area contributed by atoms with Gasteiger partial charge in [-0.3, -0.25) is 38.4 Å². The van der Waals surface area contributed by atoms with Crippen molar-refractivity contribution in [3.8, 4) is 17.2 Å². The van der Waals surface area contributed by atoms with E-state index in [1.54, 1.807) is 0 Å². The van der Waals surface area contributed by atoms with E-state index in [1.165, 1.54) is 112 Å². The molecule has 0 radical (unpaired) electrons. The van der Waals surface area contributed by atoms with Crippen molar-refractivity contribution in [3.05, 3.63) is 108 Å². The van der Waals surface area contributed by atoms with Gasteiger partial charge in [0.15, 0.2) is 30.5 Å². The molecule has 2 aliphatic rings. The normalized spacial score (nSPS) is 22.3. The van der Waals surface area contributed by atoms with Crippen LogP contribution in [0, 0.1) is 0 Å². The van der Waals surface area contributed by atoms with Crippen LogP contribution >= 0.6 is 0 Å². The van der Waals surface area contributed by atoms with Crippen molar-refractivity contribution >= 4 is 83.9 Å². The summed E-state index contributed by atoms with van der Waals surface area (Å²) in [5, 5.41) is 0. The van der Waals surface area contributed by atoms with Gasteiger partial charge in [0, 0.05) is 73.6 Å². The van der Waals surface area contributed by atoms with Crippen molar-refractivity contribution in [2.75, 3.05) is 19.8 Å². The van der Waals surface area contributed by atoms with Gasteiger partial charge in [-0.15, -0.1) is 0 Å². The molecule has 25 nitrogen and oxygen atoms in total. The number of ether oxygens (including phenoxy) is 14. The van der Waals surface area contributed by atoms with E-state index in [-0.39, 0.29) is 17.2 Å². The molecule has 9 atom stereocenters. The molecule has 0 unspecified atom stereocenters. The molecule has 25 heteroatoms. The number of carbonyl (C=O) groups excluding carboxylic acids is 11. The van der Waals surface area contributed by atoms with E-state index >= 15 is 0 Å². The number of carbonyl (C=O) groups is 11. The van der Waals surface area contributed by atoms with Crippen molar-refractivity contribution in [1.82, 2.24) is 0 Å². The summed E-state index contributed by atoms with van der Waals surface area (Å²) in [7, 11) is 0. The minimum absolute atomic E-state index is 0.187. The first-order valence-corrected chi connectivity index (χ1v) is 24.2. The summed E-state index contributed by atoms with van der Waals surface area (Å²) >= 11 is 0. The first-order chi connectivity index (χ1) is 37.9. The second-order valence-electron chi connectivity index (χ2n) is 17.3. The molecule has 2 aliphatic heterocycles. The Morgan fingerprint density at radius 3 is 1.23 bits per heavy atom. The van der Waals surface area contributed by atoms with Gasteiger partial charge in [-0.2, -0.15) is 0 Å². The van der Waals surface area contributed by atoms with Crippen LogP contribution < -0.4 is 14.2 Å². The maximum Gasteiger partial charge on any atom is 0.331 e. The fraction of sp³-hybridized carbons (Fsp3) is 0.364. The van der Waals surface area contributed by atoms with Crippen molar-refractivity contribution in [1.29, 1.82) is 0 Å². The molecule has 0 N–H and O–H groups in total. The first-order valence-electron chi connectivity index (χ1n) is 24.2. The van der Waals surface area contributed by atoms with Crippen LogP contribution in [0.15, 0.2) is 91.0 Å². The van der Waals surface area contributed by atoms with Gasteiger partial charge in [-0.1, -0.05) is 36.4 Å². The Balaban J connectivity index is 1.64. The first kappa shape index (κ1) is 61.8. The van der Waals surface area contributed by atoms with Crippen LogP contribution in [-0.4, -0.2) is 140 Å². The smallest absolute Gasteiger partial charge is 0.331 e. The average molecular weight is 1120 g/mol. The summed E-state index contributed by atoms with van der Waals surface area (Å²) < 4.78 is 79.3. The Morgan fingerprint density at radius 1 is 0.412 bits per heavy atom. The largest absolute Gasteiger partial charge is 0.463 e. The van der Waals surface area contributed by atoms with Gasteiger partial charge in [0.1, 0.15) is 49.3 Å². The molecule has 2 saturated heterocycles. The summed E-state index contributed by atoms with van der Waals surface area (Å²) in [5.41, 5.74) is 1.24. The van der Waals surface area contributed by atoms with Gasteiger partial charge in [0.25, 0.3) is 0 Å². The molecular formula is C55H56O25. The van der Waals surface area contributed by atoms with Crippen molar-refractivity contribution in [3.63, 3.8) is 0 Å². The molecule has 3 aromatic carbocycles. The highest BCUT2D eigenvalue weighted by molar-refractivity contribution is 5.88. The lowest BCUT2D eigenvalue weighted by molar-refractivity contribution is -0.384. The maximum absolute atomic E-state index is 14.1. The number of hydrogen-bond donors (Lipinski definition) is 0. The van der Waals surface area contributed by atoms with Crippen molar-refractivity contribution < 1.29 is 119 Å². The Labute approximate surface area is 456 Å². The standard InChI is InChI=1S/C55H56O25/c1-30(56)67-27-44-49(73-34(5)60)51(75-36(7)62)52(76-37(8)63)54(77-44)80-55(29-69-47(65)25-16-39-11-20-42(21-12-39)71-32(3)58)53(78-48(66)26-17-40-13-22-43(23-14-40)72-33(4)59)50(74-35(6)61)45(79-55)28-68-46(64)24-15-38-9-18-41(19-10-38)70-31(2)57/h9-26,44-45,49-54H,27-29H2,1-8H3/b24-15+,25-16+,26-17+/t44-,45-,49+,50-,51+,52-,53+,54-,55+/m1/s1. The molecule has 2 fully saturated rings. The topological polar surface area (TPSA) is 317 Å². The molecule has 0 aromatic heterocycles. The van der Waals surface area contributed by atoms with E-state index in [0.29, 0.717) is 16.7 Å². The van der Waals surface area contributed by atoms with E-state index in [1.807, 2.05) is 0 Å². The van der Waals surface area contributed by atoms with Gasteiger partial charge in [-0.25, -0.2) is 14.4 Å². The zero-order valence-electron chi connectivity index (χ0n) is 44.3. The SMILES string of the molecule is CC(=O)OC[C@H]1O[C@H](O[C@]2(COC(=O)/C=C/c3ccc(OC(C)=O)cc3)O[C@H](COC(=O)/C=C/c3ccc(OC(C)=O)cc3)[C@@H](OC(C)=O)[C@@H]2OC(=O)/C=C/c2ccc(OC(C)=O)cc2)[C@H](OC(C)=O)[C@@H](OC(C)=O)[C@H]1OC(C)=O. The van der Waals surface area contributed by atoms with Gasteiger partial charge < -0.3 is 66.3 Å². The second kappa shape index (κ2) is 29.1. The zero-order valence-corrected chi connectivity index (χ0v) is 44.3. The molecule has 426 valence electrons. The summed E-state index contributed by atoms with van der Waals surface area (Å²) in [4.78, 5) is 139. The second-order valence-corrected chi connectivity index (χ2v) is 17.3. The molecule has 0 saturated carbocycles. The van der Waals surface area contributed by atoms with Crippen LogP contribution in [0.1, 0.15) is 72.1 Å². The lowest BCUT2D eigenvalue weighted by Crippen LogP contribution is -2.65. The molecular weight excluding hydrogens is 1060 g/mol. The molecule has 80 heavy (non-hydrogen) atoms. The summed E-state index contributed by atoms with van der Waals surface area (Å²) in [6.45, 7) is 5.81. The fourth-order valence-corrected chi connectivity index (χ4v) is 7.70. The van der Waals surface area contributed by atoms with E-state index in [2.05, 4.69) is 0 Å². The highest BCUT2D eigenvalue weighted by Crippen LogP contribution is 2.42.